The minimum atomic E-state index is -5.15. The minimum absolute atomic E-state index is 0.00982. The van der Waals surface area contributed by atoms with Gasteiger partial charge in [-0.05, 0) is 69.1 Å². The van der Waals surface area contributed by atoms with Crippen LogP contribution in [0.2, 0.25) is 5.02 Å². The van der Waals surface area contributed by atoms with Crippen LogP contribution in [-0.4, -0.2) is 60.7 Å². The van der Waals surface area contributed by atoms with Crippen LogP contribution in [0.4, 0.5) is 18.9 Å². The number of alkyl halides is 3. The van der Waals surface area contributed by atoms with Crippen molar-refractivity contribution in [1.82, 2.24) is 10.2 Å². The summed E-state index contributed by atoms with van der Waals surface area (Å²) in [5, 5.41) is 13.8. The molecule has 0 radical (unpaired) electrons. The molecular weight excluding hydrogens is 531 g/mol. The fraction of sp³-hybridized carbons (Fsp3) is 0.517. The fourth-order valence-electron chi connectivity index (χ4n) is 5.70. The van der Waals surface area contributed by atoms with E-state index in [2.05, 4.69) is 10.2 Å². The molecular formula is C29H35ClF3N3O3. The molecule has 2 aromatic rings. The van der Waals surface area contributed by atoms with Crippen molar-refractivity contribution in [2.24, 2.45) is 11.3 Å². The highest BCUT2D eigenvalue weighted by atomic mass is 35.5. The van der Waals surface area contributed by atoms with E-state index in [1.54, 1.807) is 6.07 Å². The van der Waals surface area contributed by atoms with Gasteiger partial charge in [0.05, 0.1) is 10.6 Å². The summed E-state index contributed by atoms with van der Waals surface area (Å²) >= 11 is 6.41. The van der Waals surface area contributed by atoms with Gasteiger partial charge in [0.15, 0.2) is 0 Å². The number of hydrogen-bond acceptors (Lipinski definition) is 4. The highest BCUT2D eigenvalue weighted by molar-refractivity contribution is 6.34. The van der Waals surface area contributed by atoms with Crippen LogP contribution in [0.25, 0.3) is 0 Å². The van der Waals surface area contributed by atoms with E-state index in [1.807, 2.05) is 26.0 Å². The number of aliphatic hydroxyl groups is 1. The summed E-state index contributed by atoms with van der Waals surface area (Å²) in [6.45, 7) is 5.52. The van der Waals surface area contributed by atoms with Gasteiger partial charge in [-0.1, -0.05) is 41.9 Å². The van der Waals surface area contributed by atoms with E-state index in [1.165, 1.54) is 25.2 Å². The van der Waals surface area contributed by atoms with Gasteiger partial charge in [0.1, 0.15) is 0 Å². The third-order valence-corrected chi connectivity index (χ3v) is 8.48. The molecule has 2 N–H and O–H groups in total. The summed E-state index contributed by atoms with van der Waals surface area (Å²) in [5.41, 5.74) is -2.56. The molecule has 1 aliphatic carbocycles. The van der Waals surface area contributed by atoms with Gasteiger partial charge < -0.3 is 20.2 Å². The van der Waals surface area contributed by atoms with E-state index in [0.717, 1.165) is 55.1 Å². The Balaban J connectivity index is 1.32. The molecule has 39 heavy (non-hydrogen) atoms. The molecule has 1 saturated heterocycles. The zero-order valence-electron chi connectivity index (χ0n) is 22.4. The summed E-state index contributed by atoms with van der Waals surface area (Å²) in [6, 6.07) is 12.0. The van der Waals surface area contributed by atoms with Gasteiger partial charge in [0, 0.05) is 44.0 Å². The number of halogens is 4. The number of benzene rings is 2. The Bertz CT molecular complexity index is 1200. The number of amides is 2. The number of piperidine rings is 1. The third kappa shape index (κ3) is 5.89. The monoisotopic (exact) mass is 565 g/mol. The van der Waals surface area contributed by atoms with Crippen LogP contribution in [0.3, 0.4) is 0 Å². The summed E-state index contributed by atoms with van der Waals surface area (Å²) in [6.07, 6.45) is -1.73. The van der Waals surface area contributed by atoms with E-state index in [-0.39, 0.29) is 23.9 Å². The average Bonchev–Trinajstić information content (AvgIpc) is 3.57. The molecule has 4 rings (SSSR count). The quantitative estimate of drug-likeness (QED) is 0.451. The van der Waals surface area contributed by atoms with Crippen LogP contribution >= 0.6 is 11.6 Å². The lowest BCUT2D eigenvalue weighted by Gasteiger charge is -2.35. The number of carbonyl (C=O) groups excluding carboxylic acids is 2. The van der Waals surface area contributed by atoms with Crippen LogP contribution in [0, 0.1) is 11.3 Å². The van der Waals surface area contributed by atoms with Crippen molar-refractivity contribution in [1.29, 1.82) is 0 Å². The molecule has 0 unspecified atom stereocenters. The number of hydrogen-bond donors (Lipinski definition) is 2. The first kappa shape index (κ1) is 29.2. The topological polar surface area (TPSA) is 72.9 Å². The number of likely N-dealkylation sites (N-methyl/N-ethyl adjacent to an activating group) is 1. The largest absolute Gasteiger partial charge is 0.430 e. The van der Waals surface area contributed by atoms with Gasteiger partial charge in [-0.2, -0.15) is 13.2 Å². The van der Waals surface area contributed by atoms with Gasteiger partial charge in [0.2, 0.25) is 0 Å². The predicted octanol–water partition coefficient (Wildman–Crippen LogP) is 5.38. The molecule has 212 valence electrons. The average molecular weight is 566 g/mol. The molecule has 2 atom stereocenters. The first-order valence-corrected chi connectivity index (χ1v) is 13.6. The van der Waals surface area contributed by atoms with E-state index < -0.39 is 23.2 Å². The SMILES string of the molecule is CC(C)NC(=O)c1ccc(N2CCC3(CC2)C[C@@H]3CCN(C)C(=O)[C@](O)(c2ccccc2)C(F)(F)F)cc1Cl. The van der Waals surface area contributed by atoms with Crippen LogP contribution in [-0.2, 0) is 10.4 Å². The van der Waals surface area contributed by atoms with Gasteiger partial charge >= 0.3 is 6.18 Å². The number of nitrogens with zero attached hydrogens (tertiary/aromatic N) is 2. The lowest BCUT2D eigenvalue weighted by Crippen LogP contribution is -2.55. The highest BCUT2D eigenvalue weighted by Crippen LogP contribution is 2.61. The summed E-state index contributed by atoms with van der Waals surface area (Å²) in [7, 11) is 1.31. The second kappa shape index (κ2) is 11.0. The lowest BCUT2D eigenvalue weighted by atomic mass is 9.89. The third-order valence-electron chi connectivity index (χ3n) is 8.17. The van der Waals surface area contributed by atoms with E-state index in [4.69, 9.17) is 11.6 Å². The number of carbonyl (C=O) groups is 2. The van der Waals surface area contributed by atoms with Crippen LogP contribution < -0.4 is 10.2 Å². The molecule has 1 aliphatic heterocycles. The van der Waals surface area contributed by atoms with Gasteiger partial charge in [-0.3, -0.25) is 9.59 Å². The second-order valence-electron chi connectivity index (χ2n) is 11.1. The molecule has 2 fully saturated rings. The molecule has 0 bridgehead atoms. The summed E-state index contributed by atoms with van der Waals surface area (Å²) < 4.78 is 41.6. The Hall–Kier alpha value is -2.78. The highest BCUT2D eigenvalue weighted by Gasteiger charge is 2.62. The van der Waals surface area contributed by atoms with Gasteiger partial charge in [-0.15, -0.1) is 0 Å². The van der Waals surface area contributed by atoms with Crippen molar-refractivity contribution >= 4 is 29.1 Å². The van der Waals surface area contributed by atoms with Crippen LogP contribution in [0.5, 0.6) is 0 Å². The first-order chi connectivity index (χ1) is 18.3. The fourth-order valence-corrected chi connectivity index (χ4v) is 5.96. The van der Waals surface area contributed by atoms with Crippen LogP contribution in [0.1, 0.15) is 55.5 Å². The maximum Gasteiger partial charge on any atom is 0.430 e. The number of anilines is 1. The van der Waals surface area contributed by atoms with Crippen LogP contribution in [0.15, 0.2) is 48.5 Å². The molecule has 1 heterocycles. The number of nitrogens with one attached hydrogen (secondary N) is 1. The zero-order chi connectivity index (χ0) is 28.6. The maximum atomic E-state index is 13.9. The Kier molecular flexibility index (Phi) is 8.24. The normalized spacial score (nSPS) is 20.0. The second-order valence-corrected chi connectivity index (χ2v) is 11.5. The van der Waals surface area contributed by atoms with Crippen molar-refractivity contribution in [3.8, 4) is 0 Å². The van der Waals surface area contributed by atoms with Gasteiger partial charge in [0.25, 0.3) is 17.4 Å². The minimum Gasteiger partial charge on any atom is -0.371 e. The molecule has 1 saturated carbocycles. The van der Waals surface area contributed by atoms with Crippen molar-refractivity contribution in [2.75, 3.05) is 31.6 Å². The van der Waals surface area contributed by atoms with E-state index in [9.17, 15) is 27.9 Å². The molecule has 2 aromatic carbocycles. The number of rotatable bonds is 8. The summed E-state index contributed by atoms with van der Waals surface area (Å²) in [5.74, 6) is -1.26. The van der Waals surface area contributed by atoms with Crippen molar-refractivity contribution in [2.45, 2.75) is 57.3 Å². The van der Waals surface area contributed by atoms with Crippen molar-refractivity contribution < 1.29 is 27.9 Å². The molecule has 10 heteroatoms. The van der Waals surface area contributed by atoms with E-state index in [0.29, 0.717) is 22.9 Å². The Morgan fingerprint density at radius 2 is 1.79 bits per heavy atom. The smallest absolute Gasteiger partial charge is 0.371 e. The first-order valence-electron chi connectivity index (χ1n) is 13.2. The standard InChI is InChI=1S/C29H35ClF3N3O3/c1-19(2)34-25(37)23-10-9-22(17-24(23)30)36-15-12-27(13-16-36)18-21(27)11-14-35(3)26(38)28(39,29(31,32)33)20-7-5-4-6-8-20/h4-10,17,19,21,39H,11-16,18H2,1-3H3,(H,34,37)/t21-,28+/m0/s1. The predicted molar refractivity (Wildman–Crippen MR) is 145 cm³/mol. The Morgan fingerprint density at radius 1 is 1.15 bits per heavy atom. The molecule has 6 nitrogen and oxygen atoms in total. The molecule has 2 amide bonds. The molecule has 2 aliphatic rings. The van der Waals surface area contributed by atoms with Crippen molar-refractivity contribution in [3.05, 3.63) is 64.7 Å². The summed E-state index contributed by atoms with van der Waals surface area (Å²) in [4.78, 5) is 28.4. The van der Waals surface area contributed by atoms with Crippen molar-refractivity contribution in [3.63, 3.8) is 0 Å². The Labute approximate surface area is 232 Å². The molecule has 0 aromatic heterocycles. The van der Waals surface area contributed by atoms with Gasteiger partial charge in [-0.25, -0.2) is 0 Å². The molecule has 1 spiro atoms. The zero-order valence-corrected chi connectivity index (χ0v) is 23.1. The van der Waals surface area contributed by atoms with E-state index >= 15 is 0 Å². The Morgan fingerprint density at radius 3 is 2.36 bits per heavy atom. The maximum absolute atomic E-state index is 13.9. The lowest BCUT2D eigenvalue weighted by molar-refractivity contribution is -0.261.